The van der Waals surface area contributed by atoms with Gasteiger partial charge in [0.2, 0.25) is 0 Å². The number of benzene rings is 1. The second kappa shape index (κ2) is 6.21. The number of unbranched alkanes of at least 4 members (excludes halogenated alkanes) is 1. The molecule has 0 fully saturated rings. The lowest BCUT2D eigenvalue weighted by atomic mass is 10.2. The van der Waals surface area contributed by atoms with Crippen LogP contribution in [0.2, 0.25) is 5.02 Å². The van der Waals surface area contributed by atoms with Crippen LogP contribution in [0.1, 0.15) is 18.4 Å². The van der Waals surface area contributed by atoms with Crippen molar-refractivity contribution >= 4 is 22.4 Å². The molecule has 0 spiro atoms. The first kappa shape index (κ1) is 15.0. The highest BCUT2D eigenvalue weighted by Gasteiger charge is 2.33. The van der Waals surface area contributed by atoms with Crippen LogP contribution in [-0.4, -0.2) is 9.96 Å². The second-order valence-electron chi connectivity index (χ2n) is 3.45. The smallest absolute Gasteiger partial charge is 0.254 e. The number of nitriles is 1. The SMILES string of the molecule is N#CCCCS(=O)c1ccc(Cl)c(C(F)(F)F)c1. The summed E-state index contributed by atoms with van der Waals surface area (Å²) in [5.41, 5.74) is -0.990. The molecule has 98 valence electrons. The zero-order valence-electron chi connectivity index (χ0n) is 9.13. The van der Waals surface area contributed by atoms with Gasteiger partial charge in [-0.2, -0.15) is 18.4 Å². The maximum absolute atomic E-state index is 12.6. The molecule has 0 N–H and O–H groups in total. The number of alkyl halides is 3. The third-order valence-corrected chi connectivity index (χ3v) is 3.89. The summed E-state index contributed by atoms with van der Waals surface area (Å²) in [6, 6.07) is 5.07. The van der Waals surface area contributed by atoms with Gasteiger partial charge in [-0.25, -0.2) is 0 Å². The Morgan fingerprint density at radius 1 is 1.39 bits per heavy atom. The number of hydrogen-bond acceptors (Lipinski definition) is 2. The van der Waals surface area contributed by atoms with Crippen molar-refractivity contribution in [3.63, 3.8) is 0 Å². The summed E-state index contributed by atoms with van der Waals surface area (Å²) in [7, 11) is -1.55. The van der Waals surface area contributed by atoms with E-state index in [9.17, 15) is 17.4 Å². The molecule has 0 amide bonds. The highest BCUT2D eigenvalue weighted by atomic mass is 35.5. The molecule has 0 aliphatic rings. The standard InChI is InChI=1S/C11H9ClF3NOS/c12-10-4-3-8(7-9(10)11(13,14)15)18(17)6-2-1-5-16/h3-4,7H,1-2,6H2. The van der Waals surface area contributed by atoms with E-state index in [1.165, 1.54) is 6.07 Å². The summed E-state index contributed by atoms with van der Waals surface area (Å²) in [4.78, 5) is 0.0738. The molecule has 1 aromatic carbocycles. The van der Waals surface area contributed by atoms with Crippen molar-refractivity contribution in [1.29, 1.82) is 5.26 Å². The number of rotatable bonds is 4. The fourth-order valence-electron chi connectivity index (χ4n) is 1.26. The van der Waals surface area contributed by atoms with E-state index in [0.29, 0.717) is 6.42 Å². The lowest BCUT2D eigenvalue weighted by Crippen LogP contribution is -2.07. The minimum absolute atomic E-state index is 0.0738. The molecule has 2 nitrogen and oxygen atoms in total. The summed E-state index contributed by atoms with van der Waals surface area (Å²) in [5, 5.41) is 7.91. The molecule has 1 aromatic rings. The van der Waals surface area contributed by atoms with Crippen LogP contribution < -0.4 is 0 Å². The van der Waals surface area contributed by atoms with Gasteiger partial charge in [0.15, 0.2) is 0 Å². The van der Waals surface area contributed by atoms with E-state index < -0.39 is 27.6 Å². The lowest BCUT2D eigenvalue weighted by Gasteiger charge is -2.10. The monoisotopic (exact) mass is 295 g/mol. The minimum Gasteiger partial charge on any atom is -0.254 e. The average molecular weight is 296 g/mol. The Balaban J connectivity index is 2.92. The highest BCUT2D eigenvalue weighted by Crippen LogP contribution is 2.35. The van der Waals surface area contributed by atoms with E-state index in [1.54, 1.807) is 0 Å². The van der Waals surface area contributed by atoms with Crippen LogP contribution in [0.5, 0.6) is 0 Å². The fraction of sp³-hybridized carbons (Fsp3) is 0.364. The molecule has 0 saturated carbocycles. The number of halogens is 4. The van der Waals surface area contributed by atoms with Gasteiger partial charge in [-0.15, -0.1) is 0 Å². The molecule has 7 heteroatoms. The van der Waals surface area contributed by atoms with Crippen molar-refractivity contribution in [3.8, 4) is 6.07 Å². The fourth-order valence-corrected chi connectivity index (χ4v) is 2.60. The van der Waals surface area contributed by atoms with E-state index in [2.05, 4.69) is 0 Å². The Labute approximate surface area is 110 Å². The first-order valence-corrected chi connectivity index (χ1v) is 6.68. The molecule has 0 aliphatic heterocycles. The largest absolute Gasteiger partial charge is 0.417 e. The van der Waals surface area contributed by atoms with Gasteiger partial charge >= 0.3 is 6.18 Å². The maximum Gasteiger partial charge on any atom is 0.417 e. The Morgan fingerprint density at radius 3 is 2.61 bits per heavy atom. The first-order valence-electron chi connectivity index (χ1n) is 4.98. The summed E-state index contributed by atoms with van der Waals surface area (Å²) >= 11 is 5.45. The molecule has 18 heavy (non-hydrogen) atoms. The van der Waals surface area contributed by atoms with E-state index in [-0.39, 0.29) is 17.1 Å². The van der Waals surface area contributed by atoms with E-state index in [0.717, 1.165) is 12.1 Å². The Hall–Kier alpha value is -1.06. The van der Waals surface area contributed by atoms with Crippen LogP contribution in [0.3, 0.4) is 0 Å². The number of nitrogens with zero attached hydrogens (tertiary/aromatic N) is 1. The quantitative estimate of drug-likeness (QED) is 0.793. The van der Waals surface area contributed by atoms with Crippen molar-refractivity contribution < 1.29 is 17.4 Å². The molecule has 1 rings (SSSR count). The molecule has 0 bridgehead atoms. The summed E-state index contributed by atoms with van der Waals surface area (Å²) in [6.45, 7) is 0. The predicted octanol–water partition coefficient (Wildman–Crippen LogP) is 3.77. The van der Waals surface area contributed by atoms with Crippen molar-refractivity contribution in [3.05, 3.63) is 28.8 Å². The van der Waals surface area contributed by atoms with Crippen molar-refractivity contribution in [1.82, 2.24) is 0 Å². The molecular formula is C11H9ClF3NOS. The molecule has 0 heterocycles. The zero-order chi connectivity index (χ0) is 13.8. The highest BCUT2D eigenvalue weighted by molar-refractivity contribution is 7.85. The second-order valence-corrected chi connectivity index (χ2v) is 5.43. The van der Waals surface area contributed by atoms with E-state index in [4.69, 9.17) is 16.9 Å². The van der Waals surface area contributed by atoms with Gasteiger partial charge in [0.25, 0.3) is 0 Å². The van der Waals surface area contributed by atoms with Gasteiger partial charge in [-0.1, -0.05) is 11.6 Å². The van der Waals surface area contributed by atoms with Gasteiger partial charge in [-0.3, -0.25) is 4.21 Å². The molecule has 0 aliphatic carbocycles. The van der Waals surface area contributed by atoms with Gasteiger partial charge < -0.3 is 0 Å². The maximum atomic E-state index is 12.6. The third kappa shape index (κ3) is 4.00. The Morgan fingerprint density at radius 2 is 2.06 bits per heavy atom. The van der Waals surface area contributed by atoms with Crippen LogP contribution in [0.25, 0.3) is 0 Å². The van der Waals surface area contributed by atoms with Crippen molar-refractivity contribution in [2.24, 2.45) is 0 Å². The molecule has 0 saturated heterocycles. The zero-order valence-corrected chi connectivity index (χ0v) is 10.7. The molecule has 0 aromatic heterocycles. The minimum atomic E-state index is -4.57. The molecule has 1 unspecified atom stereocenters. The lowest BCUT2D eigenvalue weighted by molar-refractivity contribution is -0.137. The Kier molecular flexibility index (Phi) is 5.17. The summed E-state index contributed by atoms with van der Waals surface area (Å²) < 4.78 is 49.4. The van der Waals surface area contributed by atoms with Crippen LogP contribution in [0.15, 0.2) is 23.1 Å². The van der Waals surface area contributed by atoms with Crippen molar-refractivity contribution in [2.45, 2.75) is 23.9 Å². The van der Waals surface area contributed by atoms with Crippen LogP contribution >= 0.6 is 11.6 Å². The van der Waals surface area contributed by atoms with Gasteiger partial charge in [0, 0.05) is 17.1 Å². The molecular weight excluding hydrogens is 287 g/mol. The van der Waals surface area contributed by atoms with Crippen LogP contribution in [0, 0.1) is 11.3 Å². The van der Waals surface area contributed by atoms with Gasteiger partial charge in [0.1, 0.15) is 0 Å². The normalized spacial score (nSPS) is 13.1. The molecule has 0 radical (unpaired) electrons. The number of hydrogen-bond donors (Lipinski definition) is 0. The average Bonchev–Trinajstić information content (AvgIpc) is 2.28. The Bertz CT molecular complexity index is 496. The van der Waals surface area contributed by atoms with E-state index in [1.807, 2.05) is 6.07 Å². The van der Waals surface area contributed by atoms with Gasteiger partial charge in [-0.05, 0) is 24.6 Å². The predicted molar refractivity (Wildman–Crippen MR) is 62.6 cm³/mol. The van der Waals surface area contributed by atoms with Crippen LogP contribution in [-0.2, 0) is 17.0 Å². The summed E-state index contributed by atoms with van der Waals surface area (Å²) in [6.07, 6.45) is -3.96. The van der Waals surface area contributed by atoms with Gasteiger partial charge in [0.05, 0.1) is 27.5 Å². The topological polar surface area (TPSA) is 40.9 Å². The molecule has 1 atom stereocenters. The first-order chi connectivity index (χ1) is 8.36. The third-order valence-electron chi connectivity index (χ3n) is 2.12. The summed E-state index contributed by atoms with van der Waals surface area (Å²) in [5.74, 6) is 0.159. The van der Waals surface area contributed by atoms with E-state index >= 15 is 0 Å². The van der Waals surface area contributed by atoms with Crippen LogP contribution in [0.4, 0.5) is 13.2 Å². The van der Waals surface area contributed by atoms with Crippen molar-refractivity contribution in [2.75, 3.05) is 5.75 Å².